The molecule has 1 aromatic heterocycles. The monoisotopic (exact) mass is 274 g/mol. The first-order valence-corrected chi connectivity index (χ1v) is 7.72. The van der Waals surface area contributed by atoms with E-state index in [9.17, 15) is 4.79 Å². The SMILES string of the molecule is O=C(Nc1ccc(NC2CCCCCC2)nn1)C1CC1. The van der Waals surface area contributed by atoms with Gasteiger partial charge in [0, 0.05) is 12.0 Å². The van der Waals surface area contributed by atoms with Crippen LogP contribution in [-0.2, 0) is 4.79 Å². The third kappa shape index (κ3) is 3.68. The van der Waals surface area contributed by atoms with Gasteiger partial charge in [0.25, 0.3) is 0 Å². The number of rotatable bonds is 4. The number of nitrogens with one attached hydrogen (secondary N) is 2. The molecular formula is C15H22N4O. The number of aromatic nitrogens is 2. The summed E-state index contributed by atoms with van der Waals surface area (Å²) in [5, 5.41) is 14.5. The topological polar surface area (TPSA) is 66.9 Å². The second-order valence-corrected chi connectivity index (χ2v) is 5.90. The van der Waals surface area contributed by atoms with Crippen molar-refractivity contribution in [1.29, 1.82) is 0 Å². The summed E-state index contributed by atoms with van der Waals surface area (Å²) >= 11 is 0. The number of hydrogen-bond donors (Lipinski definition) is 2. The lowest BCUT2D eigenvalue weighted by Gasteiger charge is -2.16. The summed E-state index contributed by atoms with van der Waals surface area (Å²) in [5.74, 6) is 1.62. The fraction of sp³-hybridized carbons (Fsp3) is 0.667. The number of anilines is 2. The largest absolute Gasteiger partial charge is 0.366 e. The van der Waals surface area contributed by atoms with Crippen LogP contribution in [0.5, 0.6) is 0 Å². The average Bonchev–Trinajstić information content (AvgIpc) is 3.28. The van der Waals surface area contributed by atoms with Crippen LogP contribution in [0, 0.1) is 5.92 Å². The van der Waals surface area contributed by atoms with Crippen molar-refractivity contribution in [2.75, 3.05) is 10.6 Å². The van der Waals surface area contributed by atoms with Gasteiger partial charge in [0.15, 0.2) is 5.82 Å². The van der Waals surface area contributed by atoms with Gasteiger partial charge in [-0.15, -0.1) is 10.2 Å². The molecule has 2 saturated carbocycles. The first-order valence-electron chi connectivity index (χ1n) is 7.72. The van der Waals surface area contributed by atoms with E-state index < -0.39 is 0 Å². The van der Waals surface area contributed by atoms with Crippen LogP contribution in [0.2, 0.25) is 0 Å². The Hall–Kier alpha value is -1.65. The Bertz CT molecular complexity index is 447. The summed E-state index contributed by atoms with van der Waals surface area (Å²) < 4.78 is 0. The molecule has 1 heterocycles. The van der Waals surface area contributed by atoms with E-state index in [4.69, 9.17) is 0 Å². The minimum atomic E-state index is 0.0729. The number of amides is 1. The predicted molar refractivity (Wildman–Crippen MR) is 78.5 cm³/mol. The second-order valence-electron chi connectivity index (χ2n) is 5.90. The van der Waals surface area contributed by atoms with E-state index in [1.54, 1.807) is 0 Å². The van der Waals surface area contributed by atoms with Crippen molar-refractivity contribution in [2.24, 2.45) is 5.92 Å². The molecule has 2 aliphatic rings. The van der Waals surface area contributed by atoms with E-state index in [1.807, 2.05) is 12.1 Å². The first kappa shape index (κ1) is 13.3. The maximum atomic E-state index is 11.6. The minimum Gasteiger partial charge on any atom is -0.366 e. The fourth-order valence-electron chi connectivity index (χ4n) is 2.68. The summed E-state index contributed by atoms with van der Waals surface area (Å²) in [6.07, 6.45) is 9.69. The lowest BCUT2D eigenvalue weighted by atomic mass is 10.1. The molecule has 3 rings (SSSR count). The highest BCUT2D eigenvalue weighted by molar-refractivity contribution is 5.93. The molecule has 0 aromatic carbocycles. The number of nitrogens with zero attached hydrogens (tertiary/aromatic N) is 2. The Morgan fingerprint density at radius 3 is 2.20 bits per heavy atom. The zero-order chi connectivity index (χ0) is 13.8. The Morgan fingerprint density at radius 2 is 1.60 bits per heavy atom. The molecule has 1 amide bonds. The molecule has 5 heteroatoms. The normalized spacial score (nSPS) is 20.2. The number of carbonyl (C=O) groups excluding carboxylic acids is 1. The molecule has 2 N–H and O–H groups in total. The van der Waals surface area contributed by atoms with Crippen molar-refractivity contribution < 1.29 is 4.79 Å². The maximum Gasteiger partial charge on any atom is 0.228 e. The summed E-state index contributed by atoms with van der Waals surface area (Å²) in [6.45, 7) is 0. The van der Waals surface area contributed by atoms with Gasteiger partial charge in [0.05, 0.1) is 0 Å². The van der Waals surface area contributed by atoms with Gasteiger partial charge in [-0.2, -0.15) is 0 Å². The minimum absolute atomic E-state index is 0.0729. The zero-order valence-corrected chi connectivity index (χ0v) is 11.8. The molecule has 20 heavy (non-hydrogen) atoms. The molecule has 0 spiro atoms. The Labute approximate surface area is 119 Å². The molecule has 0 atom stereocenters. The average molecular weight is 274 g/mol. The van der Waals surface area contributed by atoms with Crippen LogP contribution >= 0.6 is 0 Å². The van der Waals surface area contributed by atoms with Crippen LogP contribution in [0.3, 0.4) is 0 Å². The molecule has 5 nitrogen and oxygen atoms in total. The van der Waals surface area contributed by atoms with E-state index in [1.165, 1.54) is 38.5 Å². The molecule has 108 valence electrons. The molecule has 1 aromatic rings. The van der Waals surface area contributed by atoms with Gasteiger partial charge in [-0.1, -0.05) is 25.7 Å². The molecule has 0 saturated heterocycles. The van der Waals surface area contributed by atoms with Gasteiger partial charge in [0.1, 0.15) is 5.82 Å². The van der Waals surface area contributed by atoms with Gasteiger partial charge < -0.3 is 10.6 Å². The van der Waals surface area contributed by atoms with E-state index in [0.29, 0.717) is 11.9 Å². The van der Waals surface area contributed by atoms with E-state index in [2.05, 4.69) is 20.8 Å². The Balaban J connectivity index is 1.53. The molecule has 0 bridgehead atoms. The third-order valence-corrected chi connectivity index (χ3v) is 4.07. The third-order valence-electron chi connectivity index (χ3n) is 4.07. The van der Waals surface area contributed by atoms with Crippen molar-refractivity contribution in [3.8, 4) is 0 Å². The lowest BCUT2D eigenvalue weighted by molar-refractivity contribution is -0.117. The molecular weight excluding hydrogens is 252 g/mol. The van der Waals surface area contributed by atoms with Crippen LogP contribution in [0.15, 0.2) is 12.1 Å². The van der Waals surface area contributed by atoms with Crippen LogP contribution in [0.4, 0.5) is 11.6 Å². The highest BCUT2D eigenvalue weighted by Gasteiger charge is 2.29. The summed E-state index contributed by atoms with van der Waals surface area (Å²) in [7, 11) is 0. The van der Waals surface area contributed by atoms with Crippen LogP contribution in [-0.4, -0.2) is 22.1 Å². The van der Waals surface area contributed by atoms with Crippen LogP contribution < -0.4 is 10.6 Å². The standard InChI is InChI=1S/C15H22N4O/c20-15(11-7-8-11)17-14-10-9-13(18-19-14)16-12-5-3-1-2-4-6-12/h9-12H,1-8H2,(H,16,18)(H,17,19,20). The van der Waals surface area contributed by atoms with Gasteiger partial charge in [-0.25, -0.2) is 0 Å². The van der Waals surface area contributed by atoms with Gasteiger partial charge in [-0.05, 0) is 37.8 Å². The molecule has 2 aliphatic carbocycles. The summed E-state index contributed by atoms with van der Waals surface area (Å²) in [6, 6.07) is 4.24. The van der Waals surface area contributed by atoms with Crippen molar-refractivity contribution >= 4 is 17.5 Å². The van der Waals surface area contributed by atoms with Crippen molar-refractivity contribution in [2.45, 2.75) is 57.4 Å². The summed E-state index contributed by atoms with van der Waals surface area (Å²) in [5.41, 5.74) is 0. The maximum absolute atomic E-state index is 11.6. The Kier molecular flexibility index (Phi) is 4.14. The second kappa shape index (κ2) is 6.20. The zero-order valence-electron chi connectivity index (χ0n) is 11.8. The molecule has 2 fully saturated rings. The molecule has 0 unspecified atom stereocenters. The van der Waals surface area contributed by atoms with E-state index >= 15 is 0 Å². The van der Waals surface area contributed by atoms with Crippen LogP contribution in [0.25, 0.3) is 0 Å². The van der Waals surface area contributed by atoms with Crippen molar-refractivity contribution in [3.05, 3.63) is 12.1 Å². The fourth-order valence-corrected chi connectivity index (χ4v) is 2.68. The lowest BCUT2D eigenvalue weighted by Crippen LogP contribution is -2.20. The smallest absolute Gasteiger partial charge is 0.228 e. The van der Waals surface area contributed by atoms with Crippen molar-refractivity contribution in [3.63, 3.8) is 0 Å². The van der Waals surface area contributed by atoms with Crippen molar-refractivity contribution in [1.82, 2.24) is 10.2 Å². The van der Waals surface area contributed by atoms with E-state index in [0.717, 1.165) is 18.7 Å². The summed E-state index contributed by atoms with van der Waals surface area (Å²) in [4.78, 5) is 11.6. The number of hydrogen-bond acceptors (Lipinski definition) is 4. The number of carbonyl (C=O) groups is 1. The first-order chi connectivity index (χ1) is 9.81. The van der Waals surface area contributed by atoms with Gasteiger partial charge in [0.2, 0.25) is 5.91 Å². The molecule has 0 radical (unpaired) electrons. The molecule has 0 aliphatic heterocycles. The quantitative estimate of drug-likeness (QED) is 0.828. The van der Waals surface area contributed by atoms with Gasteiger partial charge >= 0.3 is 0 Å². The predicted octanol–water partition coefficient (Wildman–Crippen LogP) is 2.96. The Morgan fingerprint density at radius 1 is 0.950 bits per heavy atom. The van der Waals surface area contributed by atoms with Crippen LogP contribution in [0.1, 0.15) is 51.4 Å². The van der Waals surface area contributed by atoms with E-state index in [-0.39, 0.29) is 11.8 Å². The highest BCUT2D eigenvalue weighted by atomic mass is 16.2. The highest BCUT2D eigenvalue weighted by Crippen LogP contribution is 2.29. The van der Waals surface area contributed by atoms with Gasteiger partial charge in [-0.3, -0.25) is 4.79 Å².